The number of nitrogens with zero attached hydrogens (tertiary/aromatic N) is 2. The third kappa shape index (κ3) is 3.33. The fourth-order valence-corrected chi connectivity index (χ4v) is 2.89. The van der Waals surface area contributed by atoms with Gasteiger partial charge in [0.25, 0.3) is 11.6 Å². The van der Waals surface area contributed by atoms with Gasteiger partial charge in [-0.3, -0.25) is 14.9 Å². The van der Waals surface area contributed by atoms with Crippen molar-refractivity contribution in [3.05, 3.63) is 37.4 Å². The van der Waals surface area contributed by atoms with Gasteiger partial charge in [0.05, 0.1) is 10.5 Å². The molecule has 0 saturated carbocycles. The standard InChI is InChI=1S/C13H15IN2O5/c1-20-11-6-15(7-12(11)21-2)13(17)9-5-8(16(18)19)3-4-10(9)14/h3-5,11-12H,6-7H2,1-2H3. The van der Waals surface area contributed by atoms with Crippen LogP contribution in [0.1, 0.15) is 10.4 Å². The van der Waals surface area contributed by atoms with Gasteiger partial charge in [-0.15, -0.1) is 0 Å². The predicted molar refractivity (Wildman–Crippen MR) is 83.3 cm³/mol. The van der Waals surface area contributed by atoms with Crippen molar-refractivity contribution >= 4 is 34.2 Å². The molecule has 1 saturated heterocycles. The zero-order valence-corrected chi connectivity index (χ0v) is 13.8. The molecule has 2 atom stereocenters. The van der Waals surface area contributed by atoms with E-state index in [2.05, 4.69) is 0 Å². The first-order chi connectivity index (χ1) is 9.97. The fraction of sp³-hybridized carbons (Fsp3) is 0.462. The van der Waals surface area contributed by atoms with Crippen LogP contribution in [0, 0.1) is 13.7 Å². The van der Waals surface area contributed by atoms with Gasteiger partial charge in [-0.05, 0) is 28.7 Å². The fourth-order valence-electron chi connectivity index (χ4n) is 2.32. The van der Waals surface area contributed by atoms with Crippen LogP contribution in [-0.4, -0.2) is 55.2 Å². The predicted octanol–water partition coefficient (Wildman–Crippen LogP) is 1.69. The van der Waals surface area contributed by atoms with Crippen molar-refractivity contribution in [3.63, 3.8) is 0 Å². The van der Waals surface area contributed by atoms with E-state index in [1.807, 2.05) is 22.6 Å². The summed E-state index contributed by atoms with van der Waals surface area (Å²) in [7, 11) is 3.14. The maximum atomic E-state index is 12.6. The molecule has 0 N–H and O–H groups in total. The summed E-state index contributed by atoms with van der Waals surface area (Å²) in [6.45, 7) is 0.819. The molecule has 21 heavy (non-hydrogen) atoms. The number of carbonyl (C=O) groups excluding carboxylic acids is 1. The molecule has 0 radical (unpaired) electrons. The Morgan fingerprint density at radius 1 is 1.33 bits per heavy atom. The first kappa shape index (κ1) is 16.1. The molecule has 7 nitrogen and oxygen atoms in total. The largest absolute Gasteiger partial charge is 0.377 e. The van der Waals surface area contributed by atoms with Crippen LogP contribution in [0.3, 0.4) is 0 Å². The number of nitro benzene ring substituents is 1. The van der Waals surface area contributed by atoms with Crippen LogP contribution in [0.2, 0.25) is 0 Å². The van der Waals surface area contributed by atoms with E-state index >= 15 is 0 Å². The quantitative estimate of drug-likeness (QED) is 0.432. The van der Waals surface area contributed by atoms with Gasteiger partial charge in [0.15, 0.2) is 0 Å². The molecule has 8 heteroatoms. The van der Waals surface area contributed by atoms with Gasteiger partial charge >= 0.3 is 0 Å². The third-order valence-electron chi connectivity index (χ3n) is 3.50. The second-order valence-electron chi connectivity index (χ2n) is 4.68. The van der Waals surface area contributed by atoms with Crippen LogP contribution in [-0.2, 0) is 9.47 Å². The number of nitro groups is 1. The van der Waals surface area contributed by atoms with E-state index in [9.17, 15) is 14.9 Å². The lowest BCUT2D eigenvalue weighted by Gasteiger charge is -2.16. The van der Waals surface area contributed by atoms with Crippen LogP contribution in [0.15, 0.2) is 18.2 Å². The molecule has 114 valence electrons. The van der Waals surface area contributed by atoms with Gasteiger partial charge in [0, 0.05) is 43.0 Å². The highest BCUT2D eigenvalue weighted by Crippen LogP contribution is 2.24. The summed E-state index contributed by atoms with van der Waals surface area (Å²) in [6, 6.07) is 4.27. The lowest BCUT2D eigenvalue weighted by atomic mass is 10.2. The lowest BCUT2D eigenvalue weighted by Crippen LogP contribution is -2.30. The number of amides is 1. The van der Waals surface area contributed by atoms with Crippen molar-refractivity contribution in [3.8, 4) is 0 Å². The first-order valence-electron chi connectivity index (χ1n) is 6.26. The number of likely N-dealkylation sites (tertiary alicyclic amines) is 1. The van der Waals surface area contributed by atoms with Crippen LogP contribution in [0.5, 0.6) is 0 Å². The summed E-state index contributed by atoms with van der Waals surface area (Å²) < 4.78 is 11.3. The summed E-state index contributed by atoms with van der Waals surface area (Å²) in [5.74, 6) is -0.246. The van der Waals surface area contributed by atoms with Crippen molar-refractivity contribution in [2.24, 2.45) is 0 Å². The molecule has 1 amide bonds. The van der Waals surface area contributed by atoms with Crippen molar-refractivity contribution in [2.45, 2.75) is 12.2 Å². The monoisotopic (exact) mass is 406 g/mol. The van der Waals surface area contributed by atoms with Gasteiger partial charge in [0.1, 0.15) is 12.2 Å². The Bertz CT molecular complexity index is 553. The molecule has 0 bridgehead atoms. The van der Waals surface area contributed by atoms with Gasteiger partial charge in [-0.25, -0.2) is 0 Å². The van der Waals surface area contributed by atoms with Crippen molar-refractivity contribution in [1.82, 2.24) is 4.90 Å². The van der Waals surface area contributed by atoms with Gasteiger partial charge < -0.3 is 14.4 Å². The Kier molecular flexibility index (Phi) is 5.12. The maximum Gasteiger partial charge on any atom is 0.270 e. The molecule has 2 rings (SSSR count). The van der Waals surface area contributed by atoms with E-state index in [4.69, 9.17) is 9.47 Å². The van der Waals surface area contributed by atoms with Crippen molar-refractivity contribution in [1.29, 1.82) is 0 Å². The van der Waals surface area contributed by atoms with E-state index in [1.165, 1.54) is 12.1 Å². The molecule has 0 spiro atoms. The summed E-state index contributed by atoms with van der Waals surface area (Å²) in [6.07, 6.45) is -0.370. The first-order valence-corrected chi connectivity index (χ1v) is 7.34. The second-order valence-corrected chi connectivity index (χ2v) is 5.84. The van der Waals surface area contributed by atoms with Crippen LogP contribution in [0.4, 0.5) is 5.69 Å². The lowest BCUT2D eigenvalue weighted by molar-refractivity contribution is -0.384. The zero-order chi connectivity index (χ0) is 15.6. The molecule has 2 unspecified atom stereocenters. The van der Waals surface area contributed by atoms with E-state index in [0.717, 1.165) is 0 Å². The van der Waals surface area contributed by atoms with E-state index < -0.39 is 4.92 Å². The molecule has 1 aromatic carbocycles. The van der Waals surface area contributed by atoms with Crippen molar-refractivity contribution < 1.29 is 19.2 Å². The number of non-ortho nitro benzene ring substituents is 1. The highest BCUT2D eigenvalue weighted by atomic mass is 127. The van der Waals surface area contributed by atoms with Crippen LogP contribution in [0.25, 0.3) is 0 Å². The molecule has 1 heterocycles. The van der Waals surface area contributed by atoms with Crippen LogP contribution >= 0.6 is 22.6 Å². The number of methoxy groups -OCH3 is 2. The van der Waals surface area contributed by atoms with E-state index in [1.54, 1.807) is 25.2 Å². The normalized spacial score (nSPS) is 21.6. The van der Waals surface area contributed by atoms with E-state index in [0.29, 0.717) is 22.2 Å². The summed E-state index contributed by atoms with van der Waals surface area (Å²) in [5.41, 5.74) is 0.237. The smallest absolute Gasteiger partial charge is 0.270 e. The Labute approximate surface area is 135 Å². The Morgan fingerprint density at radius 2 is 1.90 bits per heavy atom. The third-order valence-corrected chi connectivity index (χ3v) is 4.44. The molecule has 1 aromatic rings. The highest BCUT2D eigenvalue weighted by molar-refractivity contribution is 14.1. The number of rotatable bonds is 4. The van der Waals surface area contributed by atoms with E-state index in [-0.39, 0.29) is 23.8 Å². The number of hydrogen-bond acceptors (Lipinski definition) is 5. The number of ether oxygens (including phenoxy) is 2. The molecular weight excluding hydrogens is 391 g/mol. The number of halogens is 1. The van der Waals surface area contributed by atoms with Crippen molar-refractivity contribution in [2.75, 3.05) is 27.3 Å². The SMILES string of the molecule is COC1CN(C(=O)c2cc([N+](=O)[O-])ccc2I)CC1OC. The maximum absolute atomic E-state index is 12.6. The Morgan fingerprint density at radius 3 is 2.38 bits per heavy atom. The molecule has 1 aliphatic heterocycles. The number of hydrogen-bond donors (Lipinski definition) is 0. The topological polar surface area (TPSA) is 81.9 Å². The number of benzene rings is 1. The second kappa shape index (κ2) is 6.67. The summed E-state index contributed by atoms with van der Waals surface area (Å²) >= 11 is 2.00. The molecule has 0 aromatic heterocycles. The Hall–Kier alpha value is -1.26. The van der Waals surface area contributed by atoms with Gasteiger partial charge in [-0.1, -0.05) is 0 Å². The highest BCUT2D eigenvalue weighted by Gasteiger charge is 2.36. The average molecular weight is 406 g/mol. The molecule has 1 fully saturated rings. The Balaban J connectivity index is 2.25. The molecule has 1 aliphatic rings. The zero-order valence-electron chi connectivity index (χ0n) is 11.6. The summed E-state index contributed by atoms with van der Waals surface area (Å²) in [5, 5.41) is 10.8. The average Bonchev–Trinajstić information content (AvgIpc) is 2.90. The molecule has 0 aliphatic carbocycles. The minimum atomic E-state index is -0.507. The van der Waals surface area contributed by atoms with Gasteiger partial charge in [-0.2, -0.15) is 0 Å². The van der Waals surface area contributed by atoms with Crippen LogP contribution < -0.4 is 0 Å². The molecular formula is C13H15IN2O5. The van der Waals surface area contributed by atoms with Gasteiger partial charge in [0.2, 0.25) is 0 Å². The minimum Gasteiger partial charge on any atom is -0.377 e. The minimum absolute atomic E-state index is 0.0930. The number of carbonyl (C=O) groups is 1. The summed E-state index contributed by atoms with van der Waals surface area (Å²) in [4.78, 5) is 24.5.